The number of nitrogens with zero attached hydrogens (tertiary/aromatic N) is 1. The first kappa shape index (κ1) is 23.2. The highest BCUT2D eigenvalue weighted by Crippen LogP contribution is 2.72. The second-order valence-corrected chi connectivity index (χ2v) is 11.7. The number of halogens is 3. The summed E-state index contributed by atoms with van der Waals surface area (Å²) in [4.78, 5) is 12.9. The fourth-order valence-corrected chi connectivity index (χ4v) is 8.79. The average molecular weight is 478 g/mol. The van der Waals surface area contributed by atoms with Crippen molar-refractivity contribution in [2.75, 3.05) is 11.4 Å². The average Bonchev–Trinajstić information content (AvgIpc) is 2.56. The smallest absolute Gasteiger partial charge is 0.469 e. The molecule has 0 amide bonds. The van der Waals surface area contributed by atoms with E-state index in [1.165, 1.54) is 19.2 Å². The third kappa shape index (κ3) is 3.83. The molecule has 4 aliphatic rings. The van der Waals surface area contributed by atoms with E-state index in [4.69, 9.17) is 4.74 Å². The van der Waals surface area contributed by atoms with Gasteiger partial charge in [0.2, 0.25) is 0 Å². The SMILES string of the molecule is COC(=O)C12CC3(C)CC(C)(C1)CC(N(c1ccc(OC(F)(F)F)cc1)S(=O)(=O)O)(C3)C2. The number of hydrogen-bond acceptors (Lipinski definition) is 5. The maximum Gasteiger partial charge on any atom is 0.573 e. The monoisotopic (exact) mass is 477 g/mol. The summed E-state index contributed by atoms with van der Waals surface area (Å²) in [7, 11) is -3.52. The number of ether oxygens (including phenoxy) is 2. The fraction of sp³-hybridized carbons (Fsp3) is 0.667. The van der Waals surface area contributed by atoms with Crippen LogP contribution in [0.4, 0.5) is 18.9 Å². The van der Waals surface area contributed by atoms with Crippen molar-refractivity contribution in [1.82, 2.24) is 0 Å². The highest BCUT2D eigenvalue weighted by atomic mass is 32.2. The van der Waals surface area contributed by atoms with Crippen molar-refractivity contribution in [2.24, 2.45) is 16.2 Å². The largest absolute Gasteiger partial charge is 0.573 e. The minimum atomic E-state index is -4.89. The molecule has 32 heavy (non-hydrogen) atoms. The Balaban J connectivity index is 1.82. The number of carbonyl (C=O) groups excluding carboxylic acids is 1. The molecule has 0 heterocycles. The number of methoxy groups -OCH3 is 1. The predicted molar refractivity (Wildman–Crippen MR) is 108 cm³/mol. The van der Waals surface area contributed by atoms with Gasteiger partial charge in [-0.05, 0) is 73.6 Å². The minimum absolute atomic E-state index is 0.0104. The molecule has 2 unspecified atom stereocenters. The standard InChI is InChI=1S/C21H26F3NO6S/c1-17-8-18(2)10-19(9-17,16(26)30-3)13-20(11-17,12-18)25(32(27,28)29)14-4-6-15(7-5-14)31-21(22,23)24/h4-7H,8-13H2,1-3H3,(H,27,28,29). The van der Waals surface area contributed by atoms with E-state index >= 15 is 0 Å². The van der Waals surface area contributed by atoms with Gasteiger partial charge in [0, 0.05) is 0 Å². The Kier molecular flexibility index (Phi) is 4.89. The van der Waals surface area contributed by atoms with E-state index in [2.05, 4.69) is 4.74 Å². The van der Waals surface area contributed by atoms with E-state index in [-0.39, 0.29) is 22.9 Å². The van der Waals surface area contributed by atoms with Crippen molar-refractivity contribution in [3.63, 3.8) is 0 Å². The van der Waals surface area contributed by atoms with Crippen LogP contribution in [0.2, 0.25) is 0 Å². The lowest BCUT2D eigenvalue weighted by atomic mass is 9.38. The maximum atomic E-state index is 12.9. The topological polar surface area (TPSA) is 93.1 Å². The zero-order valence-electron chi connectivity index (χ0n) is 18.0. The van der Waals surface area contributed by atoms with Gasteiger partial charge in [-0.25, -0.2) is 4.31 Å². The molecular weight excluding hydrogens is 451 g/mol. The van der Waals surface area contributed by atoms with Crippen LogP contribution in [0.15, 0.2) is 24.3 Å². The summed E-state index contributed by atoms with van der Waals surface area (Å²) in [5.74, 6) is -0.908. The number of rotatable bonds is 5. The molecule has 0 aliphatic heterocycles. The summed E-state index contributed by atoms with van der Waals surface area (Å²) in [5.41, 5.74) is -2.72. The van der Waals surface area contributed by atoms with Crippen LogP contribution in [0.5, 0.6) is 5.75 Å². The zero-order chi connectivity index (χ0) is 23.8. The maximum absolute atomic E-state index is 12.9. The molecule has 11 heteroatoms. The highest BCUT2D eigenvalue weighted by Gasteiger charge is 2.70. The van der Waals surface area contributed by atoms with Gasteiger partial charge in [-0.15, -0.1) is 13.2 Å². The number of anilines is 1. The fourth-order valence-electron chi connectivity index (χ4n) is 7.72. The number of carbonyl (C=O) groups is 1. The van der Waals surface area contributed by atoms with Gasteiger partial charge < -0.3 is 9.47 Å². The second-order valence-electron chi connectivity index (χ2n) is 10.5. The first-order valence-corrected chi connectivity index (χ1v) is 11.6. The molecule has 0 spiro atoms. The number of benzene rings is 1. The van der Waals surface area contributed by atoms with Crippen LogP contribution in [-0.4, -0.2) is 38.0 Å². The van der Waals surface area contributed by atoms with Crippen LogP contribution >= 0.6 is 0 Å². The Morgan fingerprint density at radius 2 is 1.53 bits per heavy atom. The van der Waals surface area contributed by atoms with Crippen molar-refractivity contribution in [2.45, 2.75) is 64.3 Å². The molecule has 4 saturated carbocycles. The van der Waals surface area contributed by atoms with Crippen LogP contribution < -0.4 is 9.04 Å². The number of esters is 1. The Morgan fingerprint density at radius 3 is 1.97 bits per heavy atom. The van der Waals surface area contributed by atoms with Crippen LogP contribution in [0.3, 0.4) is 0 Å². The molecule has 0 radical (unpaired) electrons. The number of hydrogen-bond donors (Lipinski definition) is 1. The Bertz CT molecular complexity index is 1020. The van der Waals surface area contributed by atoms with Gasteiger partial charge in [0.15, 0.2) is 0 Å². The molecule has 5 rings (SSSR count). The lowest BCUT2D eigenvalue weighted by molar-refractivity contribution is -0.274. The lowest BCUT2D eigenvalue weighted by Crippen LogP contribution is -2.70. The van der Waals surface area contributed by atoms with Gasteiger partial charge >= 0.3 is 22.6 Å². The summed E-state index contributed by atoms with van der Waals surface area (Å²) < 4.78 is 83.0. The van der Waals surface area contributed by atoms with Gasteiger partial charge in [-0.3, -0.25) is 9.35 Å². The molecule has 0 aromatic heterocycles. The number of alkyl halides is 3. The molecule has 178 valence electrons. The summed E-state index contributed by atoms with van der Waals surface area (Å²) in [5, 5.41) is 0. The van der Waals surface area contributed by atoms with E-state index in [0.717, 1.165) is 22.9 Å². The molecule has 2 atom stereocenters. The zero-order valence-corrected chi connectivity index (χ0v) is 18.8. The van der Waals surface area contributed by atoms with Gasteiger partial charge in [-0.2, -0.15) is 8.42 Å². The molecule has 7 nitrogen and oxygen atoms in total. The first-order valence-electron chi connectivity index (χ1n) is 10.3. The third-order valence-corrected chi connectivity index (χ3v) is 8.21. The van der Waals surface area contributed by atoms with Crippen LogP contribution in [0, 0.1) is 16.2 Å². The molecule has 4 bridgehead atoms. The summed E-state index contributed by atoms with van der Waals surface area (Å²) in [6, 6.07) is 4.34. The van der Waals surface area contributed by atoms with Crippen LogP contribution in [0.25, 0.3) is 0 Å². The van der Waals surface area contributed by atoms with Crippen molar-refractivity contribution < 1.29 is 40.4 Å². The Morgan fingerprint density at radius 1 is 1.00 bits per heavy atom. The van der Waals surface area contributed by atoms with Gasteiger partial charge in [-0.1, -0.05) is 13.8 Å². The quantitative estimate of drug-likeness (QED) is 0.496. The summed E-state index contributed by atoms with van der Waals surface area (Å²) in [6.07, 6.45) is -1.98. The van der Waals surface area contributed by atoms with Crippen molar-refractivity contribution >= 4 is 22.0 Å². The molecule has 1 aromatic rings. The third-order valence-electron chi connectivity index (χ3n) is 7.15. The van der Waals surface area contributed by atoms with Gasteiger partial charge in [0.1, 0.15) is 5.75 Å². The van der Waals surface area contributed by atoms with Crippen LogP contribution in [0.1, 0.15) is 52.4 Å². The molecule has 1 aromatic carbocycles. The summed E-state index contributed by atoms with van der Waals surface area (Å²) in [6.45, 7) is 4.02. The van der Waals surface area contributed by atoms with E-state index in [1.54, 1.807) is 0 Å². The van der Waals surface area contributed by atoms with E-state index in [9.17, 15) is 30.9 Å². The molecular formula is C21H26F3NO6S. The van der Waals surface area contributed by atoms with E-state index in [1.807, 2.05) is 13.8 Å². The normalized spacial score (nSPS) is 36.1. The predicted octanol–water partition coefficient (Wildman–Crippen LogP) is 4.49. The van der Waals surface area contributed by atoms with Crippen molar-refractivity contribution in [3.8, 4) is 5.75 Å². The highest BCUT2D eigenvalue weighted by molar-refractivity contribution is 7.87. The summed E-state index contributed by atoms with van der Waals surface area (Å²) >= 11 is 0. The van der Waals surface area contributed by atoms with Crippen LogP contribution in [-0.2, 0) is 19.8 Å². The van der Waals surface area contributed by atoms with E-state index < -0.39 is 39.3 Å². The molecule has 1 N–H and O–H groups in total. The van der Waals surface area contributed by atoms with Gasteiger partial charge in [0.05, 0.1) is 23.8 Å². The minimum Gasteiger partial charge on any atom is -0.469 e. The molecule has 0 saturated heterocycles. The lowest BCUT2D eigenvalue weighted by Gasteiger charge is -2.69. The van der Waals surface area contributed by atoms with Crippen molar-refractivity contribution in [1.29, 1.82) is 0 Å². The van der Waals surface area contributed by atoms with Crippen molar-refractivity contribution in [3.05, 3.63) is 24.3 Å². The Hall–Kier alpha value is -2.01. The molecule has 4 aliphatic carbocycles. The Labute approximate surface area is 184 Å². The molecule has 4 fully saturated rings. The van der Waals surface area contributed by atoms with Gasteiger partial charge in [0.25, 0.3) is 0 Å². The van der Waals surface area contributed by atoms with E-state index in [0.29, 0.717) is 25.7 Å². The first-order chi connectivity index (χ1) is 14.5. The second kappa shape index (κ2) is 6.75.